The molecule has 6 heteroatoms. The molecule has 21 heavy (non-hydrogen) atoms. The highest BCUT2D eigenvalue weighted by atomic mass is 79.9. The van der Waals surface area contributed by atoms with Crippen molar-refractivity contribution in [1.29, 1.82) is 0 Å². The number of ketones is 1. The van der Waals surface area contributed by atoms with Crippen LogP contribution in [0.1, 0.15) is 31.6 Å². The quantitative estimate of drug-likeness (QED) is 0.839. The highest BCUT2D eigenvalue weighted by molar-refractivity contribution is 9.10. The number of aromatic nitrogens is 2. The Kier molecular flexibility index (Phi) is 4.14. The molecule has 0 N–H and O–H groups in total. The summed E-state index contributed by atoms with van der Waals surface area (Å²) in [6, 6.07) is 4.30. The summed E-state index contributed by atoms with van der Waals surface area (Å²) in [4.78, 5) is 16.1. The SMILES string of the molecule is O=C1CCCCC1Cc1nc(-c2ccc(F)cc2Br)no1. The number of carbonyl (C=O) groups is 1. The van der Waals surface area contributed by atoms with Gasteiger partial charge in [0.05, 0.1) is 0 Å². The van der Waals surface area contributed by atoms with Crippen molar-refractivity contribution >= 4 is 21.7 Å². The third kappa shape index (κ3) is 3.20. The molecule has 0 bridgehead atoms. The standard InChI is InChI=1S/C15H14BrFN2O2/c16-12-8-10(17)5-6-11(12)15-18-14(21-19-15)7-9-3-1-2-4-13(9)20/h5-6,8-9H,1-4,7H2. The average Bonchev–Trinajstić information content (AvgIpc) is 2.90. The van der Waals surface area contributed by atoms with Crippen molar-refractivity contribution in [1.82, 2.24) is 10.1 Å². The molecular formula is C15H14BrFN2O2. The second-order valence-electron chi connectivity index (χ2n) is 5.25. The minimum Gasteiger partial charge on any atom is -0.339 e. The molecule has 0 amide bonds. The van der Waals surface area contributed by atoms with Gasteiger partial charge in [-0.2, -0.15) is 4.98 Å². The van der Waals surface area contributed by atoms with Crippen LogP contribution in [0.15, 0.2) is 27.2 Å². The highest BCUT2D eigenvalue weighted by Crippen LogP contribution is 2.28. The minimum atomic E-state index is -0.331. The molecule has 0 aliphatic heterocycles. The number of hydrogen-bond donors (Lipinski definition) is 0. The number of Topliss-reactive ketones (excluding diaryl/α,β-unsaturated/α-hetero) is 1. The van der Waals surface area contributed by atoms with Gasteiger partial charge in [0.2, 0.25) is 11.7 Å². The minimum absolute atomic E-state index is 0.0105. The molecule has 0 spiro atoms. The lowest BCUT2D eigenvalue weighted by molar-refractivity contribution is -0.124. The first-order valence-corrected chi connectivity index (χ1v) is 7.73. The number of halogens is 2. The van der Waals surface area contributed by atoms with Crippen LogP contribution in [0.5, 0.6) is 0 Å². The van der Waals surface area contributed by atoms with E-state index in [2.05, 4.69) is 26.1 Å². The molecule has 1 aliphatic carbocycles. The Bertz CT molecular complexity index is 671. The Labute approximate surface area is 129 Å². The zero-order chi connectivity index (χ0) is 14.8. The van der Waals surface area contributed by atoms with Crippen molar-refractivity contribution in [2.45, 2.75) is 32.1 Å². The maximum atomic E-state index is 13.1. The maximum absolute atomic E-state index is 13.1. The normalized spacial score (nSPS) is 19.0. The lowest BCUT2D eigenvalue weighted by atomic mass is 9.86. The first kappa shape index (κ1) is 14.4. The summed E-state index contributed by atoms with van der Waals surface area (Å²) in [6.45, 7) is 0. The molecule has 1 aromatic heterocycles. The van der Waals surface area contributed by atoms with Gasteiger partial charge in [-0.1, -0.05) is 11.6 Å². The number of hydrogen-bond acceptors (Lipinski definition) is 4. The number of nitrogens with zero attached hydrogens (tertiary/aromatic N) is 2. The third-order valence-corrected chi connectivity index (χ3v) is 4.40. The molecule has 4 nitrogen and oxygen atoms in total. The predicted octanol–water partition coefficient (Wildman–Crippen LogP) is 3.94. The summed E-state index contributed by atoms with van der Waals surface area (Å²) in [5.41, 5.74) is 0.668. The highest BCUT2D eigenvalue weighted by Gasteiger charge is 2.25. The van der Waals surface area contributed by atoms with Gasteiger partial charge in [0.25, 0.3) is 0 Å². The van der Waals surface area contributed by atoms with Gasteiger partial charge in [-0.3, -0.25) is 4.79 Å². The molecule has 0 radical (unpaired) electrons. The summed E-state index contributed by atoms with van der Waals surface area (Å²) >= 11 is 3.29. The van der Waals surface area contributed by atoms with E-state index in [4.69, 9.17) is 4.52 Å². The fourth-order valence-corrected chi connectivity index (χ4v) is 3.13. The van der Waals surface area contributed by atoms with Gasteiger partial charge in [-0.15, -0.1) is 0 Å². The van der Waals surface area contributed by atoms with Crippen LogP contribution in [-0.4, -0.2) is 15.9 Å². The van der Waals surface area contributed by atoms with E-state index < -0.39 is 0 Å². The van der Waals surface area contributed by atoms with Gasteiger partial charge in [0.15, 0.2) is 0 Å². The van der Waals surface area contributed by atoms with Gasteiger partial charge in [0.1, 0.15) is 11.6 Å². The van der Waals surface area contributed by atoms with E-state index in [-0.39, 0.29) is 17.5 Å². The van der Waals surface area contributed by atoms with Gasteiger partial charge in [-0.05, 0) is 47.0 Å². The Morgan fingerprint density at radius 1 is 1.38 bits per heavy atom. The summed E-state index contributed by atoms with van der Waals surface area (Å²) < 4.78 is 18.9. The summed E-state index contributed by atoms with van der Waals surface area (Å²) in [7, 11) is 0. The Balaban J connectivity index is 1.78. The monoisotopic (exact) mass is 352 g/mol. The molecular weight excluding hydrogens is 339 g/mol. The molecule has 3 rings (SSSR count). The van der Waals surface area contributed by atoms with E-state index in [1.54, 1.807) is 6.07 Å². The fraction of sp³-hybridized carbons (Fsp3) is 0.400. The van der Waals surface area contributed by atoms with Gasteiger partial charge in [-0.25, -0.2) is 4.39 Å². The van der Waals surface area contributed by atoms with E-state index in [0.717, 1.165) is 19.3 Å². The molecule has 0 saturated heterocycles. The van der Waals surface area contributed by atoms with Gasteiger partial charge >= 0.3 is 0 Å². The largest absolute Gasteiger partial charge is 0.339 e. The van der Waals surface area contributed by atoms with Crippen molar-refractivity contribution in [3.63, 3.8) is 0 Å². The Hall–Kier alpha value is -1.56. The summed E-state index contributed by atoms with van der Waals surface area (Å²) in [5, 5.41) is 3.92. The molecule has 1 fully saturated rings. The smallest absolute Gasteiger partial charge is 0.227 e. The molecule has 1 heterocycles. The third-order valence-electron chi connectivity index (χ3n) is 3.74. The Morgan fingerprint density at radius 2 is 2.24 bits per heavy atom. The number of rotatable bonds is 3. The van der Waals surface area contributed by atoms with Crippen molar-refractivity contribution in [3.05, 3.63) is 34.4 Å². The van der Waals surface area contributed by atoms with Crippen molar-refractivity contribution in [2.24, 2.45) is 5.92 Å². The predicted molar refractivity (Wildman–Crippen MR) is 78.1 cm³/mol. The van der Waals surface area contributed by atoms with Crippen LogP contribution in [0.4, 0.5) is 4.39 Å². The van der Waals surface area contributed by atoms with E-state index in [9.17, 15) is 9.18 Å². The van der Waals surface area contributed by atoms with Gasteiger partial charge < -0.3 is 4.52 Å². The molecule has 1 unspecified atom stereocenters. The molecule has 110 valence electrons. The maximum Gasteiger partial charge on any atom is 0.227 e. The average molecular weight is 353 g/mol. The second kappa shape index (κ2) is 6.05. The fourth-order valence-electron chi connectivity index (χ4n) is 2.60. The lowest BCUT2D eigenvalue weighted by Gasteiger charge is -2.18. The first-order valence-electron chi connectivity index (χ1n) is 6.94. The van der Waals surface area contributed by atoms with Crippen molar-refractivity contribution in [2.75, 3.05) is 0 Å². The van der Waals surface area contributed by atoms with Crippen LogP contribution in [0.2, 0.25) is 0 Å². The zero-order valence-corrected chi connectivity index (χ0v) is 12.9. The van der Waals surface area contributed by atoms with E-state index in [1.165, 1.54) is 12.1 Å². The van der Waals surface area contributed by atoms with Crippen LogP contribution in [0.3, 0.4) is 0 Å². The van der Waals surface area contributed by atoms with Crippen LogP contribution in [0.25, 0.3) is 11.4 Å². The summed E-state index contributed by atoms with van der Waals surface area (Å²) in [6.07, 6.45) is 4.07. The van der Waals surface area contributed by atoms with Crippen LogP contribution in [-0.2, 0) is 11.2 Å². The van der Waals surface area contributed by atoms with Crippen molar-refractivity contribution in [3.8, 4) is 11.4 Å². The number of carbonyl (C=O) groups excluding carboxylic acids is 1. The summed E-state index contributed by atoms with van der Waals surface area (Å²) in [5.74, 6) is 0.802. The van der Waals surface area contributed by atoms with Crippen molar-refractivity contribution < 1.29 is 13.7 Å². The lowest BCUT2D eigenvalue weighted by Crippen LogP contribution is -2.21. The second-order valence-corrected chi connectivity index (χ2v) is 6.10. The molecule has 1 aliphatic rings. The van der Waals surface area contributed by atoms with Gasteiger partial charge in [0, 0.05) is 28.8 Å². The van der Waals surface area contributed by atoms with E-state index >= 15 is 0 Å². The molecule has 1 atom stereocenters. The molecule has 2 aromatic rings. The number of benzene rings is 1. The molecule has 1 aromatic carbocycles. The topological polar surface area (TPSA) is 56.0 Å². The van der Waals surface area contributed by atoms with E-state index in [1.807, 2.05) is 0 Å². The van der Waals surface area contributed by atoms with E-state index in [0.29, 0.717) is 34.6 Å². The first-order chi connectivity index (χ1) is 10.1. The van der Waals surface area contributed by atoms with Crippen LogP contribution in [0, 0.1) is 11.7 Å². The molecule has 1 saturated carbocycles. The van der Waals surface area contributed by atoms with Crippen LogP contribution >= 0.6 is 15.9 Å². The van der Waals surface area contributed by atoms with Crippen LogP contribution < -0.4 is 0 Å². The Morgan fingerprint density at radius 3 is 3.00 bits per heavy atom. The zero-order valence-electron chi connectivity index (χ0n) is 11.3.